The molecule has 0 bridgehead atoms. The van der Waals surface area contributed by atoms with E-state index in [4.69, 9.17) is 0 Å². The smallest absolute Gasteiger partial charge is 0.270 e. The number of sulfonamides is 1. The Hall–Kier alpha value is -2.53. The number of alkyl halides is 2. The second-order valence-electron chi connectivity index (χ2n) is 7.02. The number of carbonyl (C=O) groups excluding carboxylic acids is 1. The zero-order chi connectivity index (χ0) is 22.8. The molecule has 0 atom stereocenters. The van der Waals surface area contributed by atoms with Crippen LogP contribution in [0.1, 0.15) is 28.4 Å². The van der Waals surface area contributed by atoms with Crippen LogP contribution in [-0.4, -0.2) is 14.3 Å². The number of anilines is 2. The molecule has 0 heterocycles. The Bertz CT molecular complexity index is 1240. The zero-order valence-electron chi connectivity index (χ0n) is 16.6. The van der Waals surface area contributed by atoms with Gasteiger partial charge in [0.25, 0.3) is 21.9 Å². The van der Waals surface area contributed by atoms with Crippen molar-refractivity contribution in [1.29, 1.82) is 0 Å². The van der Waals surface area contributed by atoms with Crippen molar-refractivity contribution < 1.29 is 22.0 Å². The molecular weight excluding hydrogens is 537 g/mol. The largest absolute Gasteiger partial charge is 0.322 e. The monoisotopic (exact) mass is 556 g/mol. The summed E-state index contributed by atoms with van der Waals surface area (Å²) in [6.45, 7) is 2.33. The first kappa shape index (κ1) is 23.1. The van der Waals surface area contributed by atoms with Crippen LogP contribution in [-0.2, 0) is 15.9 Å². The molecule has 2 N–H and O–H groups in total. The zero-order valence-corrected chi connectivity index (χ0v) is 19.6. The highest BCUT2D eigenvalue weighted by molar-refractivity contribution is 14.1. The summed E-state index contributed by atoms with van der Waals surface area (Å²) in [5.41, 5.74) is 1.06. The molecule has 0 spiro atoms. The molecule has 0 unspecified atom stereocenters. The third-order valence-electron chi connectivity index (χ3n) is 4.43. The topological polar surface area (TPSA) is 75.3 Å². The summed E-state index contributed by atoms with van der Waals surface area (Å²) >= 11 is 2.11. The lowest BCUT2D eigenvalue weighted by Gasteiger charge is -2.15. The van der Waals surface area contributed by atoms with Crippen LogP contribution in [0.3, 0.4) is 0 Å². The first-order valence-electron chi connectivity index (χ1n) is 9.14. The number of amides is 1. The van der Waals surface area contributed by atoms with Crippen molar-refractivity contribution in [3.8, 4) is 0 Å². The van der Waals surface area contributed by atoms with E-state index in [-0.39, 0.29) is 22.1 Å². The van der Waals surface area contributed by atoms with Gasteiger partial charge in [-0.15, -0.1) is 0 Å². The Kier molecular flexibility index (Phi) is 6.65. The summed E-state index contributed by atoms with van der Waals surface area (Å²) in [5.74, 6) is -3.41. The van der Waals surface area contributed by atoms with E-state index in [9.17, 15) is 22.0 Å². The van der Waals surface area contributed by atoms with E-state index in [1.807, 2.05) is 6.07 Å². The quantitative estimate of drug-likeness (QED) is 0.379. The summed E-state index contributed by atoms with van der Waals surface area (Å²) < 4.78 is 55.9. The van der Waals surface area contributed by atoms with Crippen LogP contribution in [0.25, 0.3) is 0 Å². The number of hydrogen-bond donors (Lipinski definition) is 2. The SMILES string of the molecule is Cc1cc(NC(=O)c2cccc(I)c2)ccc1S(=O)(=O)Nc1cccc(C(C)(F)F)c1. The van der Waals surface area contributed by atoms with Gasteiger partial charge in [-0.25, -0.2) is 17.2 Å². The Labute approximate surface area is 193 Å². The highest BCUT2D eigenvalue weighted by atomic mass is 127. The Morgan fingerprint density at radius 3 is 2.32 bits per heavy atom. The van der Waals surface area contributed by atoms with Crippen molar-refractivity contribution in [3.63, 3.8) is 0 Å². The summed E-state index contributed by atoms with van der Waals surface area (Å²) in [7, 11) is -4.02. The van der Waals surface area contributed by atoms with E-state index in [1.165, 1.54) is 36.4 Å². The van der Waals surface area contributed by atoms with Crippen LogP contribution in [0, 0.1) is 10.5 Å². The van der Waals surface area contributed by atoms with Gasteiger partial charge in [-0.2, -0.15) is 0 Å². The molecule has 5 nitrogen and oxygen atoms in total. The summed E-state index contributed by atoms with van der Waals surface area (Å²) in [5, 5.41) is 2.74. The maximum Gasteiger partial charge on any atom is 0.270 e. The minimum absolute atomic E-state index is 0.0200. The minimum Gasteiger partial charge on any atom is -0.322 e. The van der Waals surface area contributed by atoms with E-state index < -0.39 is 15.9 Å². The van der Waals surface area contributed by atoms with Gasteiger partial charge >= 0.3 is 0 Å². The average Bonchev–Trinajstić information content (AvgIpc) is 2.67. The van der Waals surface area contributed by atoms with Crippen LogP contribution >= 0.6 is 22.6 Å². The fraction of sp³-hybridized carbons (Fsp3) is 0.136. The highest BCUT2D eigenvalue weighted by Gasteiger charge is 2.25. The molecule has 3 aromatic carbocycles. The van der Waals surface area contributed by atoms with E-state index in [1.54, 1.807) is 25.1 Å². The molecule has 0 radical (unpaired) electrons. The maximum absolute atomic E-state index is 13.5. The van der Waals surface area contributed by atoms with Gasteiger partial charge in [-0.05, 0) is 83.6 Å². The van der Waals surface area contributed by atoms with Gasteiger partial charge in [0.2, 0.25) is 0 Å². The Balaban J connectivity index is 1.81. The second-order valence-corrected chi connectivity index (χ2v) is 9.92. The molecule has 9 heteroatoms. The molecule has 0 aliphatic heterocycles. The minimum atomic E-state index is -4.02. The van der Waals surface area contributed by atoms with Crippen molar-refractivity contribution in [2.45, 2.75) is 24.7 Å². The number of halogens is 3. The average molecular weight is 556 g/mol. The molecule has 0 aromatic heterocycles. The first-order valence-corrected chi connectivity index (χ1v) is 11.7. The van der Waals surface area contributed by atoms with Crippen molar-refractivity contribution in [2.75, 3.05) is 10.0 Å². The Morgan fingerprint density at radius 1 is 0.968 bits per heavy atom. The van der Waals surface area contributed by atoms with Crippen LogP contribution in [0.4, 0.5) is 20.2 Å². The third-order valence-corrected chi connectivity index (χ3v) is 6.64. The number of benzene rings is 3. The van der Waals surface area contributed by atoms with Crippen LogP contribution in [0.15, 0.2) is 71.6 Å². The van der Waals surface area contributed by atoms with Crippen LogP contribution < -0.4 is 10.0 Å². The van der Waals surface area contributed by atoms with Gasteiger partial charge in [-0.1, -0.05) is 18.2 Å². The molecule has 1 amide bonds. The van der Waals surface area contributed by atoms with Crippen molar-refractivity contribution in [2.24, 2.45) is 0 Å². The fourth-order valence-electron chi connectivity index (χ4n) is 2.93. The summed E-state index contributed by atoms with van der Waals surface area (Å²) in [6.07, 6.45) is 0. The van der Waals surface area contributed by atoms with Crippen molar-refractivity contribution in [3.05, 3.63) is 87.0 Å². The number of rotatable bonds is 6. The highest BCUT2D eigenvalue weighted by Crippen LogP contribution is 2.30. The lowest BCUT2D eigenvalue weighted by atomic mass is 10.1. The number of aryl methyl sites for hydroxylation is 1. The fourth-order valence-corrected chi connectivity index (χ4v) is 4.75. The van der Waals surface area contributed by atoms with E-state index in [0.29, 0.717) is 16.8 Å². The molecule has 0 saturated carbocycles. The standard InChI is InChI=1S/C22H19F2IN2O3S/c1-14-11-18(26-21(28)15-5-3-7-17(25)12-15)9-10-20(14)31(29,30)27-19-8-4-6-16(13-19)22(2,23)24/h3-13,27H,1-2H3,(H,26,28). The van der Waals surface area contributed by atoms with E-state index in [0.717, 1.165) is 16.6 Å². The lowest BCUT2D eigenvalue weighted by molar-refractivity contribution is 0.0175. The summed E-state index contributed by atoms with van der Waals surface area (Å²) in [6, 6.07) is 16.5. The number of hydrogen-bond acceptors (Lipinski definition) is 3. The molecule has 162 valence electrons. The molecule has 0 fully saturated rings. The van der Waals surface area contributed by atoms with Gasteiger partial charge in [0.05, 0.1) is 4.90 Å². The second kappa shape index (κ2) is 8.91. The van der Waals surface area contributed by atoms with Gasteiger partial charge in [-0.3, -0.25) is 9.52 Å². The van der Waals surface area contributed by atoms with E-state index in [2.05, 4.69) is 32.6 Å². The van der Waals surface area contributed by atoms with Gasteiger partial charge in [0.15, 0.2) is 0 Å². The molecular formula is C22H19F2IN2O3S. The molecule has 3 rings (SSSR count). The molecule has 31 heavy (non-hydrogen) atoms. The predicted molar refractivity (Wildman–Crippen MR) is 125 cm³/mol. The number of carbonyl (C=O) groups is 1. The lowest BCUT2D eigenvalue weighted by Crippen LogP contribution is -2.16. The number of nitrogens with one attached hydrogen (secondary N) is 2. The first-order chi connectivity index (χ1) is 14.5. The van der Waals surface area contributed by atoms with Crippen LogP contribution in [0.2, 0.25) is 0 Å². The van der Waals surface area contributed by atoms with Gasteiger partial charge in [0, 0.05) is 33.0 Å². The maximum atomic E-state index is 13.5. The van der Waals surface area contributed by atoms with Gasteiger partial charge < -0.3 is 5.32 Å². The van der Waals surface area contributed by atoms with Crippen molar-refractivity contribution >= 4 is 49.9 Å². The molecule has 3 aromatic rings. The Morgan fingerprint density at radius 2 is 1.68 bits per heavy atom. The van der Waals surface area contributed by atoms with Gasteiger partial charge in [0.1, 0.15) is 0 Å². The summed E-state index contributed by atoms with van der Waals surface area (Å²) in [4.78, 5) is 12.4. The normalized spacial score (nSPS) is 11.8. The molecule has 0 aliphatic carbocycles. The molecule has 0 saturated heterocycles. The van der Waals surface area contributed by atoms with Crippen molar-refractivity contribution in [1.82, 2.24) is 0 Å². The van der Waals surface area contributed by atoms with Crippen LogP contribution in [0.5, 0.6) is 0 Å². The molecule has 0 aliphatic rings. The predicted octanol–water partition coefficient (Wildman–Crippen LogP) is 5.76. The van der Waals surface area contributed by atoms with E-state index >= 15 is 0 Å². The third kappa shape index (κ3) is 5.79.